The van der Waals surface area contributed by atoms with Gasteiger partial charge in [0.2, 0.25) is 0 Å². The van der Waals surface area contributed by atoms with Crippen molar-refractivity contribution in [1.82, 2.24) is 9.78 Å². The predicted octanol–water partition coefficient (Wildman–Crippen LogP) is 3.17. The third-order valence-corrected chi connectivity index (χ3v) is 5.35. The second-order valence-electron chi connectivity index (χ2n) is 7.09. The van der Waals surface area contributed by atoms with Crippen molar-refractivity contribution in [3.63, 3.8) is 0 Å². The number of hydrogen-bond donors (Lipinski definition) is 1. The molecule has 0 spiro atoms. The van der Waals surface area contributed by atoms with Gasteiger partial charge in [0, 0.05) is 7.05 Å². The first-order valence-corrected chi connectivity index (χ1v) is 9.07. The fourth-order valence-electron chi connectivity index (χ4n) is 3.76. The van der Waals surface area contributed by atoms with Gasteiger partial charge in [-0.15, -0.1) is 0 Å². The van der Waals surface area contributed by atoms with Gasteiger partial charge in [0.15, 0.2) is 6.61 Å². The van der Waals surface area contributed by atoms with Crippen LogP contribution in [0.1, 0.15) is 42.6 Å². The van der Waals surface area contributed by atoms with Crippen LogP contribution >= 0.6 is 0 Å². The van der Waals surface area contributed by atoms with E-state index >= 15 is 0 Å². The number of carbonyl (C=O) groups excluding carboxylic acids is 2. The highest BCUT2D eigenvalue weighted by atomic mass is 19.1. The van der Waals surface area contributed by atoms with Crippen LogP contribution in [0.3, 0.4) is 0 Å². The van der Waals surface area contributed by atoms with E-state index in [0.717, 1.165) is 24.1 Å². The van der Waals surface area contributed by atoms with Crippen LogP contribution in [0.15, 0.2) is 24.3 Å². The Bertz CT molecular complexity index is 852. The molecular weight excluding hydrogens is 349 g/mol. The zero-order chi connectivity index (χ0) is 19.6. The number of esters is 1. The van der Waals surface area contributed by atoms with Gasteiger partial charge in [-0.2, -0.15) is 5.10 Å². The van der Waals surface area contributed by atoms with Crippen molar-refractivity contribution in [2.45, 2.75) is 44.9 Å². The third-order valence-electron chi connectivity index (χ3n) is 5.35. The number of hydrogen-bond acceptors (Lipinski definition) is 4. The van der Waals surface area contributed by atoms with Crippen molar-refractivity contribution in [2.75, 3.05) is 11.9 Å². The summed E-state index contributed by atoms with van der Waals surface area (Å²) in [5.74, 6) is -1.18. The Kier molecular flexibility index (Phi) is 5.30. The van der Waals surface area contributed by atoms with Crippen LogP contribution in [-0.2, 0) is 26.8 Å². The quantitative estimate of drug-likeness (QED) is 0.817. The van der Waals surface area contributed by atoms with Gasteiger partial charge in [-0.25, -0.2) is 4.39 Å². The highest BCUT2D eigenvalue weighted by Crippen LogP contribution is 2.42. The molecule has 0 aliphatic heterocycles. The van der Waals surface area contributed by atoms with E-state index in [-0.39, 0.29) is 12.4 Å². The lowest BCUT2D eigenvalue weighted by atomic mass is 9.79. The molecule has 27 heavy (non-hydrogen) atoms. The van der Waals surface area contributed by atoms with E-state index in [1.165, 1.54) is 12.1 Å². The number of rotatable bonds is 5. The first-order valence-electron chi connectivity index (χ1n) is 9.07. The molecular formula is C20H24FN3O3. The number of benzene rings is 1. The molecule has 1 amide bonds. The van der Waals surface area contributed by atoms with E-state index in [9.17, 15) is 14.0 Å². The molecule has 0 saturated heterocycles. The minimum Gasteiger partial charge on any atom is -0.455 e. The minimum atomic E-state index is -0.798. The molecule has 1 aromatic carbocycles. The van der Waals surface area contributed by atoms with E-state index in [0.29, 0.717) is 24.2 Å². The normalized spacial score (nSPS) is 15.6. The minimum absolute atomic E-state index is 0.346. The van der Waals surface area contributed by atoms with Gasteiger partial charge >= 0.3 is 5.97 Å². The fourth-order valence-corrected chi connectivity index (χ4v) is 3.76. The van der Waals surface area contributed by atoms with Crippen molar-refractivity contribution in [1.29, 1.82) is 0 Å². The molecule has 1 aliphatic carbocycles. The smallest absolute Gasteiger partial charge is 0.317 e. The Morgan fingerprint density at radius 2 is 1.85 bits per heavy atom. The van der Waals surface area contributed by atoms with E-state index in [1.807, 2.05) is 6.92 Å². The van der Waals surface area contributed by atoms with Crippen LogP contribution in [0.25, 0.3) is 0 Å². The molecule has 1 aromatic heterocycles. The molecule has 144 valence electrons. The van der Waals surface area contributed by atoms with Gasteiger partial charge in [0.05, 0.1) is 22.5 Å². The summed E-state index contributed by atoms with van der Waals surface area (Å²) in [5, 5.41) is 7.00. The number of aryl methyl sites for hydroxylation is 2. The highest BCUT2D eigenvalue weighted by Gasteiger charge is 2.44. The summed E-state index contributed by atoms with van der Waals surface area (Å²) in [5.41, 5.74) is 2.10. The van der Waals surface area contributed by atoms with E-state index in [2.05, 4.69) is 10.4 Å². The maximum atomic E-state index is 13.3. The first-order chi connectivity index (χ1) is 12.8. The standard InChI is InChI=1S/C20H24FN3O3/c1-13-18(14(2)24(3)23-13)22-17(25)12-27-19(26)20(10-4-5-11-20)15-6-8-16(21)9-7-15/h6-9H,4-5,10-12H2,1-3H3,(H,22,25). The molecule has 0 atom stereocenters. The van der Waals surface area contributed by atoms with Crippen molar-refractivity contribution >= 4 is 17.6 Å². The molecule has 1 fully saturated rings. The summed E-state index contributed by atoms with van der Waals surface area (Å²) in [7, 11) is 1.80. The number of nitrogens with zero attached hydrogens (tertiary/aromatic N) is 2. The average molecular weight is 373 g/mol. The molecule has 3 rings (SSSR count). The van der Waals surface area contributed by atoms with Crippen LogP contribution in [0, 0.1) is 19.7 Å². The number of aromatic nitrogens is 2. The highest BCUT2D eigenvalue weighted by molar-refractivity contribution is 5.94. The first kappa shape index (κ1) is 19.1. The van der Waals surface area contributed by atoms with Crippen molar-refractivity contribution in [3.05, 3.63) is 47.0 Å². The Hall–Kier alpha value is -2.70. The molecule has 6 nitrogen and oxygen atoms in total. The topological polar surface area (TPSA) is 73.2 Å². The Morgan fingerprint density at radius 1 is 1.22 bits per heavy atom. The Balaban J connectivity index is 1.68. The zero-order valence-corrected chi connectivity index (χ0v) is 15.8. The third kappa shape index (κ3) is 3.72. The molecule has 1 saturated carbocycles. The Labute approximate surface area is 157 Å². The summed E-state index contributed by atoms with van der Waals surface area (Å²) in [4.78, 5) is 25.1. The van der Waals surface area contributed by atoms with Crippen molar-refractivity contribution in [2.24, 2.45) is 7.05 Å². The predicted molar refractivity (Wildman–Crippen MR) is 98.8 cm³/mol. The fraction of sp³-hybridized carbons (Fsp3) is 0.450. The van der Waals surface area contributed by atoms with Crippen LogP contribution in [-0.4, -0.2) is 28.3 Å². The van der Waals surface area contributed by atoms with Crippen LogP contribution in [0.2, 0.25) is 0 Å². The molecule has 0 radical (unpaired) electrons. The Morgan fingerprint density at radius 3 is 2.41 bits per heavy atom. The second kappa shape index (κ2) is 7.50. The monoisotopic (exact) mass is 373 g/mol. The van der Waals surface area contributed by atoms with Crippen LogP contribution in [0.5, 0.6) is 0 Å². The SMILES string of the molecule is Cc1nn(C)c(C)c1NC(=O)COC(=O)C1(c2ccc(F)cc2)CCCC1. The average Bonchev–Trinajstić information content (AvgIpc) is 3.22. The van der Waals surface area contributed by atoms with Crippen LogP contribution in [0.4, 0.5) is 10.1 Å². The summed E-state index contributed by atoms with van der Waals surface area (Å²) < 4.78 is 20.3. The molecule has 0 bridgehead atoms. The lowest BCUT2D eigenvalue weighted by Gasteiger charge is -2.27. The number of anilines is 1. The molecule has 7 heteroatoms. The van der Waals surface area contributed by atoms with E-state index in [1.54, 1.807) is 30.8 Å². The lowest BCUT2D eigenvalue weighted by Crippen LogP contribution is -2.36. The van der Waals surface area contributed by atoms with Crippen LogP contribution < -0.4 is 5.32 Å². The van der Waals surface area contributed by atoms with Gasteiger partial charge in [0.25, 0.3) is 5.91 Å². The number of nitrogens with one attached hydrogen (secondary N) is 1. The molecule has 2 aromatic rings. The zero-order valence-electron chi connectivity index (χ0n) is 15.8. The number of ether oxygens (including phenoxy) is 1. The molecule has 1 heterocycles. The van der Waals surface area contributed by atoms with E-state index < -0.39 is 17.3 Å². The van der Waals surface area contributed by atoms with Gasteiger partial charge in [-0.3, -0.25) is 14.3 Å². The largest absolute Gasteiger partial charge is 0.455 e. The van der Waals surface area contributed by atoms with Crippen molar-refractivity contribution in [3.8, 4) is 0 Å². The maximum Gasteiger partial charge on any atom is 0.317 e. The number of halogens is 1. The van der Waals surface area contributed by atoms with Gasteiger partial charge in [-0.05, 0) is 44.4 Å². The second-order valence-corrected chi connectivity index (χ2v) is 7.09. The molecule has 1 aliphatic rings. The van der Waals surface area contributed by atoms with Gasteiger partial charge in [-0.1, -0.05) is 25.0 Å². The number of carbonyl (C=O) groups is 2. The van der Waals surface area contributed by atoms with Gasteiger partial charge in [0.1, 0.15) is 5.82 Å². The van der Waals surface area contributed by atoms with Gasteiger partial charge < -0.3 is 10.1 Å². The number of amides is 1. The summed E-state index contributed by atoms with van der Waals surface area (Å²) in [6.45, 7) is 3.29. The molecule has 1 N–H and O–H groups in total. The summed E-state index contributed by atoms with van der Waals surface area (Å²) >= 11 is 0. The maximum absolute atomic E-state index is 13.3. The van der Waals surface area contributed by atoms with Crippen molar-refractivity contribution < 1.29 is 18.7 Å². The molecule has 0 unspecified atom stereocenters. The summed E-state index contributed by atoms with van der Waals surface area (Å²) in [6.07, 6.45) is 3.07. The lowest BCUT2D eigenvalue weighted by molar-refractivity contribution is -0.153. The van der Waals surface area contributed by atoms with E-state index in [4.69, 9.17) is 4.74 Å². The summed E-state index contributed by atoms with van der Waals surface area (Å²) in [6, 6.07) is 5.96.